The second kappa shape index (κ2) is 7.23. The maximum Gasteiger partial charge on any atom is 0.0587 e. The molecule has 0 radical (unpaired) electrons. The summed E-state index contributed by atoms with van der Waals surface area (Å²) in [4.78, 5) is 0. The molecular formula is C11H15BrClNO. The van der Waals surface area contributed by atoms with E-state index in [1.54, 1.807) is 7.11 Å². The Bertz CT molecular complexity index is 307. The summed E-state index contributed by atoms with van der Waals surface area (Å²) in [7, 11) is 1.70. The highest BCUT2D eigenvalue weighted by molar-refractivity contribution is 9.10. The molecule has 1 N–H and O–H groups in total. The number of hydrogen-bond acceptors (Lipinski definition) is 2. The Kier molecular flexibility index (Phi) is 6.25. The molecule has 0 unspecified atom stereocenters. The lowest BCUT2D eigenvalue weighted by Gasteiger charge is -2.06. The third kappa shape index (κ3) is 4.98. The first-order valence-electron chi connectivity index (χ1n) is 4.87. The summed E-state index contributed by atoms with van der Waals surface area (Å²) in [5.41, 5.74) is 1.23. The molecule has 0 aliphatic carbocycles. The Hall–Kier alpha value is -0.0900. The third-order valence-corrected chi connectivity index (χ3v) is 3.07. The van der Waals surface area contributed by atoms with Gasteiger partial charge in [-0.05, 0) is 36.7 Å². The summed E-state index contributed by atoms with van der Waals surface area (Å²) in [6, 6.07) is 5.85. The summed E-state index contributed by atoms with van der Waals surface area (Å²) >= 11 is 9.42. The Morgan fingerprint density at radius 1 is 1.40 bits per heavy atom. The number of rotatable bonds is 6. The molecular weight excluding hydrogens is 277 g/mol. The lowest BCUT2D eigenvalue weighted by molar-refractivity contribution is 0.199. The molecule has 1 aromatic rings. The zero-order chi connectivity index (χ0) is 11.1. The monoisotopic (exact) mass is 291 g/mol. The van der Waals surface area contributed by atoms with E-state index in [1.807, 2.05) is 18.2 Å². The highest BCUT2D eigenvalue weighted by atomic mass is 79.9. The van der Waals surface area contributed by atoms with Gasteiger partial charge in [0.15, 0.2) is 0 Å². The van der Waals surface area contributed by atoms with E-state index in [2.05, 4.69) is 21.2 Å². The predicted molar refractivity (Wildman–Crippen MR) is 67.6 cm³/mol. The molecule has 0 aliphatic heterocycles. The smallest absolute Gasteiger partial charge is 0.0587 e. The molecule has 4 heteroatoms. The third-order valence-electron chi connectivity index (χ3n) is 2.06. The molecule has 0 aliphatic rings. The minimum absolute atomic E-state index is 0.747. The number of halogens is 2. The number of nitrogens with one attached hydrogen (secondary N) is 1. The summed E-state index contributed by atoms with van der Waals surface area (Å²) in [5, 5.41) is 4.08. The van der Waals surface area contributed by atoms with Gasteiger partial charge in [-0.25, -0.2) is 0 Å². The Morgan fingerprint density at radius 2 is 2.20 bits per heavy atom. The van der Waals surface area contributed by atoms with Gasteiger partial charge >= 0.3 is 0 Å². The Balaban J connectivity index is 2.33. The topological polar surface area (TPSA) is 21.3 Å². The van der Waals surface area contributed by atoms with Gasteiger partial charge in [-0.3, -0.25) is 0 Å². The lowest BCUT2D eigenvalue weighted by atomic mass is 10.1. The minimum atomic E-state index is 0.747. The molecule has 0 atom stereocenters. The number of hydrogen-bond donors (Lipinski definition) is 1. The Morgan fingerprint density at radius 3 is 2.93 bits per heavy atom. The van der Waals surface area contributed by atoms with Gasteiger partial charge in [0.1, 0.15) is 0 Å². The van der Waals surface area contributed by atoms with Crippen LogP contribution >= 0.6 is 27.5 Å². The van der Waals surface area contributed by atoms with Crippen LogP contribution in [0.2, 0.25) is 5.02 Å². The van der Waals surface area contributed by atoms with Crippen molar-refractivity contribution in [1.82, 2.24) is 5.32 Å². The Labute approximate surface area is 104 Å². The summed E-state index contributed by atoms with van der Waals surface area (Å²) < 4.78 is 6.06. The molecule has 0 spiro atoms. The normalized spacial score (nSPS) is 10.6. The standard InChI is InChI=1S/C11H15BrClNO/c1-15-7-6-14-5-4-9-8-10(13)2-3-11(9)12/h2-3,8,14H,4-7H2,1H3. The van der Waals surface area contributed by atoms with Gasteiger partial charge in [0.2, 0.25) is 0 Å². The SMILES string of the molecule is COCCNCCc1cc(Cl)ccc1Br. The molecule has 15 heavy (non-hydrogen) atoms. The van der Waals surface area contributed by atoms with Crippen LogP contribution in [-0.4, -0.2) is 26.8 Å². The quantitative estimate of drug-likeness (QED) is 0.814. The molecule has 1 aromatic carbocycles. The zero-order valence-electron chi connectivity index (χ0n) is 8.72. The lowest BCUT2D eigenvalue weighted by Crippen LogP contribution is -2.21. The second-order valence-electron chi connectivity index (χ2n) is 3.23. The van der Waals surface area contributed by atoms with E-state index >= 15 is 0 Å². The van der Waals surface area contributed by atoms with Gasteiger partial charge in [0, 0.05) is 23.1 Å². The van der Waals surface area contributed by atoms with Gasteiger partial charge in [-0.1, -0.05) is 27.5 Å². The van der Waals surface area contributed by atoms with E-state index in [1.165, 1.54) is 5.56 Å². The van der Waals surface area contributed by atoms with Crippen LogP contribution in [0.1, 0.15) is 5.56 Å². The first-order chi connectivity index (χ1) is 7.24. The molecule has 84 valence electrons. The minimum Gasteiger partial charge on any atom is -0.383 e. The number of ether oxygens (including phenoxy) is 1. The largest absolute Gasteiger partial charge is 0.383 e. The fourth-order valence-electron chi connectivity index (χ4n) is 1.26. The number of methoxy groups -OCH3 is 1. The first kappa shape index (κ1) is 13.0. The molecule has 2 nitrogen and oxygen atoms in total. The molecule has 0 saturated heterocycles. The van der Waals surface area contributed by atoms with E-state index < -0.39 is 0 Å². The molecule has 1 rings (SSSR count). The van der Waals surface area contributed by atoms with Crippen LogP contribution in [0, 0.1) is 0 Å². The van der Waals surface area contributed by atoms with Crippen molar-refractivity contribution in [2.75, 3.05) is 26.8 Å². The van der Waals surface area contributed by atoms with Crippen LogP contribution in [-0.2, 0) is 11.2 Å². The van der Waals surface area contributed by atoms with E-state index in [0.717, 1.165) is 35.6 Å². The fourth-order valence-corrected chi connectivity index (χ4v) is 1.90. The van der Waals surface area contributed by atoms with Crippen molar-refractivity contribution < 1.29 is 4.74 Å². The van der Waals surface area contributed by atoms with Crippen LogP contribution in [0.25, 0.3) is 0 Å². The van der Waals surface area contributed by atoms with Gasteiger partial charge in [0.05, 0.1) is 6.61 Å². The van der Waals surface area contributed by atoms with Gasteiger partial charge < -0.3 is 10.1 Å². The van der Waals surface area contributed by atoms with Gasteiger partial charge in [-0.2, -0.15) is 0 Å². The van der Waals surface area contributed by atoms with Gasteiger partial charge in [-0.15, -0.1) is 0 Å². The second-order valence-corrected chi connectivity index (χ2v) is 4.52. The summed E-state index contributed by atoms with van der Waals surface area (Å²) in [6.45, 7) is 2.56. The molecule has 0 saturated carbocycles. The van der Waals surface area contributed by atoms with Crippen LogP contribution in [0.15, 0.2) is 22.7 Å². The summed E-state index contributed by atoms with van der Waals surface area (Å²) in [5.74, 6) is 0. The van der Waals surface area contributed by atoms with Crippen LogP contribution < -0.4 is 5.32 Å². The molecule has 0 heterocycles. The maximum atomic E-state index is 5.92. The van der Waals surface area contributed by atoms with E-state index in [-0.39, 0.29) is 0 Å². The maximum absolute atomic E-state index is 5.92. The van der Waals surface area contributed by atoms with Crippen molar-refractivity contribution in [2.24, 2.45) is 0 Å². The van der Waals surface area contributed by atoms with Crippen molar-refractivity contribution >= 4 is 27.5 Å². The molecule has 0 amide bonds. The highest BCUT2D eigenvalue weighted by Crippen LogP contribution is 2.21. The van der Waals surface area contributed by atoms with Crippen LogP contribution in [0.3, 0.4) is 0 Å². The van der Waals surface area contributed by atoms with Crippen molar-refractivity contribution in [3.8, 4) is 0 Å². The van der Waals surface area contributed by atoms with E-state index in [9.17, 15) is 0 Å². The average molecular weight is 293 g/mol. The molecule has 0 aromatic heterocycles. The van der Waals surface area contributed by atoms with Crippen molar-refractivity contribution in [3.05, 3.63) is 33.3 Å². The number of benzene rings is 1. The predicted octanol–water partition coefficient (Wildman–Crippen LogP) is 2.88. The van der Waals surface area contributed by atoms with E-state index in [0.29, 0.717) is 0 Å². The van der Waals surface area contributed by atoms with Crippen molar-refractivity contribution in [3.63, 3.8) is 0 Å². The van der Waals surface area contributed by atoms with Crippen molar-refractivity contribution in [1.29, 1.82) is 0 Å². The average Bonchev–Trinajstić information content (AvgIpc) is 2.23. The van der Waals surface area contributed by atoms with Gasteiger partial charge in [0.25, 0.3) is 0 Å². The zero-order valence-corrected chi connectivity index (χ0v) is 11.1. The fraction of sp³-hybridized carbons (Fsp3) is 0.455. The van der Waals surface area contributed by atoms with Crippen LogP contribution in [0.4, 0.5) is 0 Å². The molecule has 0 bridgehead atoms. The molecule has 0 fully saturated rings. The first-order valence-corrected chi connectivity index (χ1v) is 6.04. The van der Waals surface area contributed by atoms with E-state index in [4.69, 9.17) is 16.3 Å². The summed E-state index contributed by atoms with van der Waals surface area (Å²) in [6.07, 6.45) is 0.963. The van der Waals surface area contributed by atoms with Crippen molar-refractivity contribution in [2.45, 2.75) is 6.42 Å². The van der Waals surface area contributed by atoms with Crippen LogP contribution in [0.5, 0.6) is 0 Å². The highest BCUT2D eigenvalue weighted by Gasteiger charge is 2.00.